The van der Waals surface area contributed by atoms with E-state index in [4.69, 9.17) is 9.15 Å². The molecule has 3 rings (SSSR count). The van der Waals surface area contributed by atoms with Crippen LogP contribution < -0.4 is 15.4 Å². The number of urea groups is 1. The van der Waals surface area contributed by atoms with E-state index in [0.29, 0.717) is 37.9 Å². The summed E-state index contributed by atoms with van der Waals surface area (Å²) in [5.41, 5.74) is 0. The van der Waals surface area contributed by atoms with Crippen molar-refractivity contribution in [3.8, 4) is 5.88 Å². The highest BCUT2D eigenvalue weighted by Gasteiger charge is 2.24. The van der Waals surface area contributed by atoms with Gasteiger partial charge in [0.15, 0.2) is 5.82 Å². The maximum Gasteiger partial charge on any atom is 0.317 e. The fourth-order valence-electron chi connectivity index (χ4n) is 2.84. The number of nitrogens with one attached hydrogen (secondary N) is 2. The third kappa shape index (κ3) is 4.87. The summed E-state index contributed by atoms with van der Waals surface area (Å²) < 4.78 is 10.9. The molecule has 2 N–H and O–H groups in total. The molecule has 0 aromatic carbocycles. The topological polar surface area (TPSA) is 92.5 Å². The number of carbonyl (C=O) groups is 1. The molecule has 0 radical (unpaired) electrons. The standard InChI is InChI=1S/C18H25N5O3/c1-2-11-26-17-16(19-7-8-20-17)22-14-5-9-23(10-6-14)18(24)21-13-15-4-3-12-25-15/h3-4,7-8,12,14H,2,5-6,9-11,13H2,1H3,(H,19,22)(H,21,24). The number of piperidine rings is 1. The number of aromatic nitrogens is 2. The number of hydrogen-bond acceptors (Lipinski definition) is 6. The number of furan rings is 1. The lowest BCUT2D eigenvalue weighted by molar-refractivity contribution is 0.182. The molecule has 0 atom stereocenters. The molecule has 26 heavy (non-hydrogen) atoms. The van der Waals surface area contributed by atoms with Crippen LogP contribution in [-0.4, -0.2) is 46.6 Å². The molecule has 1 aliphatic heterocycles. The first kappa shape index (κ1) is 18.0. The zero-order valence-corrected chi connectivity index (χ0v) is 15.0. The minimum Gasteiger partial charge on any atom is -0.475 e. The van der Waals surface area contributed by atoms with Crippen LogP contribution >= 0.6 is 0 Å². The lowest BCUT2D eigenvalue weighted by atomic mass is 10.1. The van der Waals surface area contributed by atoms with Gasteiger partial charge in [-0.2, -0.15) is 0 Å². The zero-order chi connectivity index (χ0) is 18.2. The molecule has 1 aliphatic rings. The fraction of sp³-hybridized carbons (Fsp3) is 0.500. The Morgan fingerprint density at radius 3 is 2.88 bits per heavy atom. The number of nitrogens with zero attached hydrogens (tertiary/aromatic N) is 3. The van der Waals surface area contributed by atoms with Gasteiger partial charge in [0, 0.05) is 31.5 Å². The van der Waals surface area contributed by atoms with Crippen molar-refractivity contribution < 1.29 is 13.9 Å². The molecule has 2 aromatic rings. The molecule has 8 heteroatoms. The van der Waals surface area contributed by atoms with E-state index in [1.807, 2.05) is 17.0 Å². The van der Waals surface area contributed by atoms with Crippen molar-refractivity contribution in [1.29, 1.82) is 0 Å². The first-order valence-corrected chi connectivity index (χ1v) is 9.01. The van der Waals surface area contributed by atoms with Crippen LogP contribution in [0.15, 0.2) is 35.2 Å². The molecule has 0 saturated carbocycles. The second kappa shape index (κ2) is 9.07. The van der Waals surface area contributed by atoms with Crippen molar-refractivity contribution in [2.75, 3.05) is 25.0 Å². The SMILES string of the molecule is CCCOc1nccnc1NC1CCN(C(=O)NCc2ccco2)CC1. The molecule has 0 spiro atoms. The molecule has 0 aliphatic carbocycles. The van der Waals surface area contributed by atoms with Gasteiger partial charge >= 0.3 is 6.03 Å². The van der Waals surface area contributed by atoms with Gasteiger partial charge in [-0.25, -0.2) is 14.8 Å². The highest BCUT2D eigenvalue weighted by Crippen LogP contribution is 2.22. The van der Waals surface area contributed by atoms with Gasteiger partial charge in [0.1, 0.15) is 5.76 Å². The Hall–Kier alpha value is -2.77. The molecule has 1 saturated heterocycles. The number of anilines is 1. The van der Waals surface area contributed by atoms with E-state index in [1.54, 1.807) is 18.7 Å². The first-order chi connectivity index (χ1) is 12.8. The van der Waals surface area contributed by atoms with E-state index >= 15 is 0 Å². The van der Waals surface area contributed by atoms with Crippen LogP contribution in [0, 0.1) is 0 Å². The Bertz CT molecular complexity index is 684. The highest BCUT2D eigenvalue weighted by molar-refractivity contribution is 5.74. The fourth-order valence-corrected chi connectivity index (χ4v) is 2.84. The van der Waals surface area contributed by atoms with Crippen molar-refractivity contribution in [3.05, 3.63) is 36.5 Å². The van der Waals surface area contributed by atoms with Crippen LogP contribution in [0.25, 0.3) is 0 Å². The number of carbonyl (C=O) groups excluding carboxylic acids is 1. The molecular weight excluding hydrogens is 334 g/mol. The van der Waals surface area contributed by atoms with Crippen LogP contribution in [0.4, 0.5) is 10.6 Å². The molecule has 0 unspecified atom stereocenters. The zero-order valence-electron chi connectivity index (χ0n) is 15.0. The maximum absolute atomic E-state index is 12.2. The highest BCUT2D eigenvalue weighted by atomic mass is 16.5. The summed E-state index contributed by atoms with van der Waals surface area (Å²) in [4.78, 5) is 22.6. The molecular formula is C18H25N5O3. The summed E-state index contributed by atoms with van der Waals surface area (Å²) in [6.45, 7) is 4.44. The second-order valence-corrected chi connectivity index (χ2v) is 6.20. The Labute approximate surface area is 153 Å². The number of amides is 2. The van der Waals surface area contributed by atoms with Gasteiger partial charge in [-0.05, 0) is 31.4 Å². The van der Waals surface area contributed by atoms with E-state index in [2.05, 4.69) is 27.5 Å². The molecule has 2 aromatic heterocycles. The number of rotatable bonds is 7. The molecule has 8 nitrogen and oxygen atoms in total. The van der Waals surface area contributed by atoms with Crippen LogP contribution in [-0.2, 0) is 6.54 Å². The van der Waals surface area contributed by atoms with Crippen molar-refractivity contribution >= 4 is 11.8 Å². The summed E-state index contributed by atoms with van der Waals surface area (Å²) in [6, 6.07) is 3.83. The molecule has 3 heterocycles. The van der Waals surface area contributed by atoms with E-state index < -0.39 is 0 Å². The van der Waals surface area contributed by atoms with Crippen molar-refractivity contribution in [3.63, 3.8) is 0 Å². The van der Waals surface area contributed by atoms with Crippen LogP contribution in [0.5, 0.6) is 5.88 Å². The average molecular weight is 359 g/mol. The predicted octanol–water partition coefficient (Wildman–Crippen LogP) is 2.64. The van der Waals surface area contributed by atoms with Gasteiger partial charge in [0.05, 0.1) is 19.4 Å². The smallest absolute Gasteiger partial charge is 0.317 e. The third-order valence-corrected chi connectivity index (χ3v) is 4.22. The van der Waals surface area contributed by atoms with Crippen molar-refractivity contribution in [1.82, 2.24) is 20.2 Å². The second-order valence-electron chi connectivity index (χ2n) is 6.20. The van der Waals surface area contributed by atoms with Gasteiger partial charge in [-0.15, -0.1) is 0 Å². The van der Waals surface area contributed by atoms with Gasteiger partial charge in [-0.3, -0.25) is 0 Å². The number of ether oxygens (including phenoxy) is 1. The summed E-state index contributed by atoms with van der Waals surface area (Å²) in [5.74, 6) is 1.95. The summed E-state index contributed by atoms with van der Waals surface area (Å²) in [5, 5.41) is 6.28. The molecule has 2 amide bonds. The normalized spacial score (nSPS) is 14.9. The Morgan fingerprint density at radius 1 is 1.35 bits per heavy atom. The number of likely N-dealkylation sites (tertiary alicyclic amines) is 1. The van der Waals surface area contributed by atoms with Crippen LogP contribution in [0.3, 0.4) is 0 Å². The Morgan fingerprint density at radius 2 is 2.15 bits per heavy atom. The largest absolute Gasteiger partial charge is 0.475 e. The van der Waals surface area contributed by atoms with Gasteiger partial charge < -0.3 is 24.7 Å². The monoisotopic (exact) mass is 359 g/mol. The molecule has 0 bridgehead atoms. The molecule has 1 fully saturated rings. The van der Waals surface area contributed by atoms with E-state index in [9.17, 15) is 4.79 Å². The number of hydrogen-bond donors (Lipinski definition) is 2. The first-order valence-electron chi connectivity index (χ1n) is 9.01. The van der Waals surface area contributed by atoms with Gasteiger partial charge in [0.2, 0.25) is 0 Å². The quantitative estimate of drug-likeness (QED) is 0.789. The molecule has 140 valence electrons. The van der Waals surface area contributed by atoms with Crippen molar-refractivity contribution in [2.45, 2.75) is 38.8 Å². The van der Waals surface area contributed by atoms with E-state index in [0.717, 1.165) is 25.0 Å². The van der Waals surface area contributed by atoms with Gasteiger partial charge in [-0.1, -0.05) is 6.92 Å². The Kier molecular flexibility index (Phi) is 6.29. The minimum absolute atomic E-state index is 0.0636. The Balaban J connectivity index is 1.46. The maximum atomic E-state index is 12.2. The summed E-state index contributed by atoms with van der Waals surface area (Å²) in [7, 11) is 0. The van der Waals surface area contributed by atoms with Crippen LogP contribution in [0.1, 0.15) is 31.9 Å². The third-order valence-electron chi connectivity index (χ3n) is 4.22. The van der Waals surface area contributed by atoms with E-state index in [-0.39, 0.29) is 12.1 Å². The minimum atomic E-state index is -0.0636. The average Bonchev–Trinajstić information content (AvgIpc) is 3.20. The van der Waals surface area contributed by atoms with E-state index in [1.165, 1.54) is 0 Å². The summed E-state index contributed by atoms with van der Waals surface area (Å²) in [6.07, 6.45) is 7.49. The van der Waals surface area contributed by atoms with Crippen LogP contribution in [0.2, 0.25) is 0 Å². The lowest BCUT2D eigenvalue weighted by Gasteiger charge is -2.32. The van der Waals surface area contributed by atoms with Crippen molar-refractivity contribution in [2.24, 2.45) is 0 Å². The van der Waals surface area contributed by atoms with Gasteiger partial charge in [0.25, 0.3) is 5.88 Å². The lowest BCUT2D eigenvalue weighted by Crippen LogP contribution is -2.46. The summed E-state index contributed by atoms with van der Waals surface area (Å²) >= 11 is 0. The predicted molar refractivity (Wildman–Crippen MR) is 97.0 cm³/mol.